The normalized spacial score (nSPS) is 14.6. The van der Waals surface area contributed by atoms with E-state index in [1.165, 1.54) is 5.56 Å². The fourth-order valence-electron chi connectivity index (χ4n) is 4.62. The fraction of sp³-hybridized carbons (Fsp3) is 0.367. The number of imidazole rings is 1. The highest BCUT2D eigenvalue weighted by Gasteiger charge is 2.20. The lowest BCUT2D eigenvalue weighted by molar-refractivity contribution is -0.132. The molecule has 1 aliphatic heterocycles. The first kappa shape index (κ1) is 25.7. The van der Waals surface area contributed by atoms with Crippen LogP contribution in [0.25, 0.3) is 11.0 Å². The van der Waals surface area contributed by atoms with Crippen LogP contribution in [0, 0.1) is 0 Å². The molecule has 0 atom stereocenters. The first-order chi connectivity index (χ1) is 18.2. The second-order valence-corrected chi connectivity index (χ2v) is 11.0. The number of pyridine rings is 1. The second-order valence-electron chi connectivity index (χ2n) is 11.0. The number of nitrogens with one attached hydrogen (secondary N) is 1. The van der Waals surface area contributed by atoms with Gasteiger partial charge in [0.25, 0.3) is 0 Å². The molecule has 0 aliphatic carbocycles. The van der Waals surface area contributed by atoms with Gasteiger partial charge in [0.15, 0.2) is 0 Å². The van der Waals surface area contributed by atoms with Crippen LogP contribution < -0.4 is 10.1 Å². The largest absolute Gasteiger partial charge is 0.457 e. The van der Waals surface area contributed by atoms with Crippen molar-refractivity contribution in [2.24, 2.45) is 7.05 Å². The molecule has 2 aromatic carbocycles. The monoisotopic (exact) mass is 512 g/mol. The first-order valence-electron chi connectivity index (χ1n) is 13.1. The van der Waals surface area contributed by atoms with Crippen LogP contribution in [0.3, 0.4) is 0 Å². The van der Waals surface area contributed by atoms with E-state index in [0.29, 0.717) is 17.2 Å². The average Bonchev–Trinajstić information content (AvgIpc) is 3.18. The third-order valence-electron chi connectivity index (χ3n) is 7.05. The van der Waals surface area contributed by atoms with Crippen molar-refractivity contribution >= 4 is 28.6 Å². The van der Waals surface area contributed by atoms with Crippen LogP contribution in [0.5, 0.6) is 11.5 Å². The number of rotatable bonds is 6. The van der Waals surface area contributed by atoms with Gasteiger partial charge in [-0.2, -0.15) is 0 Å². The standard InChI is InChI=1S/C30H36N6O2/c1-30(2,3)21-7-6-8-22(17-21)32-29-33-26-20-24(9-10-27(26)35(29)5)38-25-11-12-31-23(18-25)19-28(37)36-15-13-34(4)14-16-36/h6-12,17-18,20H,13-16,19H2,1-5H3,(H,32,33). The number of likely N-dealkylation sites (N-methyl/N-ethyl adjacent to an activating group) is 1. The number of amides is 1. The zero-order valence-electron chi connectivity index (χ0n) is 22.9. The molecule has 8 nitrogen and oxygen atoms in total. The molecule has 8 heteroatoms. The van der Waals surface area contributed by atoms with Crippen molar-refractivity contribution in [1.82, 2.24) is 24.3 Å². The lowest BCUT2D eigenvalue weighted by Gasteiger charge is -2.32. The number of carbonyl (C=O) groups excluding carboxylic acids is 1. The van der Waals surface area contributed by atoms with Crippen LogP contribution in [-0.2, 0) is 23.7 Å². The Bertz CT molecular complexity index is 1450. The molecular weight excluding hydrogens is 476 g/mol. The van der Waals surface area contributed by atoms with Crippen LogP contribution >= 0.6 is 0 Å². The number of nitrogens with zero attached hydrogens (tertiary/aromatic N) is 5. The highest BCUT2D eigenvalue weighted by molar-refractivity contribution is 5.81. The first-order valence-corrected chi connectivity index (χ1v) is 13.1. The minimum Gasteiger partial charge on any atom is -0.457 e. The number of ether oxygens (including phenoxy) is 1. The van der Waals surface area contributed by atoms with Crippen molar-refractivity contribution in [2.75, 3.05) is 38.5 Å². The zero-order valence-corrected chi connectivity index (χ0v) is 22.9. The molecule has 0 spiro atoms. The quantitative estimate of drug-likeness (QED) is 0.387. The lowest BCUT2D eigenvalue weighted by atomic mass is 9.87. The molecule has 0 radical (unpaired) electrons. The van der Waals surface area contributed by atoms with E-state index >= 15 is 0 Å². The van der Waals surface area contributed by atoms with E-state index in [9.17, 15) is 4.79 Å². The Balaban J connectivity index is 1.29. The SMILES string of the molecule is CN1CCN(C(=O)Cc2cc(Oc3ccc4c(c3)nc(Nc3cccc(C(C)(C)C)c3)n4C)ccn2)CC1. The predicted octanol–water partition coefficient (Wildman–Crippen LogP) is 5.12. The second kappa shape index (κ2) is 10.5. The van der Waals surface area contributed by atoms with E-state index in [-0.39, 0.29) is 17.7 Å². The molecule has 5 rings (SSSR count). The van der Waals surface area contributed by atoms with E-state index < -0.39 is 0 Å². The van der Waals surface area contributed by atoms with Crippen LogP contribution in [-0.4, -0.2) is 63.5 Å². The molecule has 3 heterocycles. The lowest BCUT2D eigenvalue weighted by Crippen LogP contribution is -2.47. The zero-order chi connectivity index (χ0) is 26.9. The van der Waals surface area contributed by atoms with Crippen LogP contribution in [0.1, 0.15) is 32.0 Å². The third kappa shape index (κ3) is 5.81. The van der Waals surface area contributed by atoms with E-state index in [2.05, 4.69) is 67.3 Å². The Kier molecular flexibility index (Phi) is 7.08. The smallest absolute Gasteiger partial charge is 0.228 e. The molecule has 0 unspecified atom stereocenters. The summed E-state index contributed by atoms with van der Waals surface area (Å²) in [6, 6.07) is 18.0. The van der Waals surface area contributed by atoms with Gasteiger partial charge >= 0.3 is 0 Å². The van der Waals surface area contributed by atoms with Gasteiger partial charge in [-0.05, 0) is 48.4 Å². The maximum absolute atomic E-state index is 12.7. The maximum Gasteiger partial charge on any atom is 0.228 e. The van der Waals surface area contributed by atoms with Gasteiger partial charge in [0, 0.05) is 57.2 Å². The van der Waals surface area contributed by atoms with Crippen molar-refractivity contribution in [1.29, 1.82) is 0 Å². The highest BCUT2D eigenvalue weighted by atomic mass is 16.5. The molecule has 1 amide bonds. The number of hydrogen-bond acceptors (Lipinski definition) is 6. The molecule has 2 aromatic heterocycles. The van der Waals surface area contributed by atoms with E-state index in [1.54, 1.807) is 6.20 Å². The van der Waals surface area contributed by atoms with Gasteiger partial charge in [0.2, 0.25) is 11.9 Å². The van der Waals surface area contributed by atoms with Crippen LogP contribution in [0.15, 0.2) is 60.8 Å². The summed E-state index contributed by atoms with van der Waals surface area (Å²) in [4.78, 5) is 26.1. The molecule has 38 heavy (non-hydrogen) atoms. The molecule has 1 aliphatic rings. The van der Waals surface area contributed by atoms with Gasteiger partial charge < -0.3 is 24.4 Å². The summed E-state index contributed by atoms with van der Waals surface area (Å²) in [5, 5.41) is 3.46. The van der Waals surface area contributed by atoms with Crippen molar-refractivity contribution in [3.63, 3.8) is 0 Å². The number of aryl methyl sites for hydroxylation is 1. The summed E-state index contributed by atoms with van der Waals surface area (Å²) in [5.41, 5.74) is 4.87. The minimum absolute atomic E-state index is 0.0704. The van der Waals surface area contributed by atoms with Gasteiger partial charge in [-0.1, -0.05) is 32.9 Å². The van der Waals surface area contributed by atoms with Gasteiger partial charge in [-0.25, -0.2) is 4.98 Å². The molecule has 1 N–H and O–H groups in total. The Labute approximate surface area is 224 Å². The van der Waals surface area contributed by atoms with Crippen molar-refractivity contribution in [2.45, 2.75) is 32.6 Å². The Morgan fingerprint density at radius 2 is 1.74 bits per heavy atom. The Morgan fingerprint density at radius 3 is 2.50 bits per heavy atom. The molecule has 4 aromatic rings. The minimum atomic E-state index is 0.0704. The van der Waals surface area contributed by atoms with E-state index in [1.807, 2.05) is 46.8 Å². The highest BCUT2D eigenvalue weighted by Crippen LogP contribution is 2.30. The average molecular weight is 513 g/mol. The predicted molar refractivity (Wildman–Crippen MR) is 151 cm³/mol. The number of carbonyl (C=O) groups is 1. The summed E-state index contributed by atoms with van der Waals surface area (Å²) >= 11 is 0. The van der Waals surface area contributed by atoms with Gasteiger partial charge in [0.1, 0.15) is 11.5 Å². The Hall–Kier alpha value is -3.91. The van der Waals surface area contributed by atoms with E-state index in [0.717, 1.165) is 48.8 Å². The molecule has 0 saturated carbocycles. The Morgan fingerprint density at radius 1 is 0.974 bits per heavy atom. The molecule has 1 fully saturated rings. The van der Waals surface area contributed by atoms with Crippen molar-refractivity contribution < 1.29 is 9.53 Å². The molecular formula is C30H36N6O2. The number of piperazine rings is 1. The summed E-state index contributed by atoms with van der Waals surface area (Å²) in [6.07, 6.45) is 1.96. The number of anilines is 2. The van der Waals surface area contributed by atoms with Crippen molar-refractivity contribution in [3.05, 3.63) is 72.1 Å². The maximum atomic E-state index is 12.7. The number of aromatic nitrogens is 3. The topological polar surface area (TPSA) is 75.5 Å². The summed E-state index contributed by atoms with van der Waals surface area (Å²) in [6.45, 7) is 9.94. The number of benzene rings is 2. The summed E-state index contributed by atoms with van der Waals surface area (Å²) < 4.78 is 8.19. The number of fused-ring (bicyclic) bond motifs is 1. The van der Waals surface area contributed by atoms with E-state index in [4.69, 9.17) is 9.72 Å². The van der Waals surface area contributed by atoms with Gasteiger partial charge in [-0.3, -0.25) is 9.78 Å². The molecule has 198 valence electrons. The summed E-state index contributed by atoms with van der Waals surface area (Å²) in [7, 11) is 4.08. The van der Waals surface area contributed by atoms with Gasteiger partial charge in [-0.15, -0.1) is 0 Å². The molecule has 0 bridgehead atoms. The third-order valence-corrected chi connectivity index (χ3v) is 7.05. The van der Waals surface area contributed by atoms with Gasteiger partial charge in [0.05, 0.1) is 23.1 Å². The van der Waals surface area contributed by atoms with Crippen LogP contribution in [0.4, 0.5) is 11.6 Å². The fourth-order valence-corrected chi connectivity index (χ4v) is 4.62. The molecule has 1 saturated heterocycles. The summed E-state index contributed by atoms with van der Waals surface area (Å²) in [5.74, 6) is 2.19. The van der Waals surface area contributed by atoms with Crippen molar-refractivity contribution in [3.8, 4) is 11.5 Å². The van der Waals surface area contributed by atoms with Crippen LogP contribution in [0.2, 0.25) is 0 Å². The number of hydrogen-bond donors (Lipinski definition) is 1.